The highest BCUT2D eigenvalue weighted by molar-refractivity contribution is 7.99. The highest BCUT2D eigenvalue weighted by atomic mass is 35.5. The maximum Gasteiger partial charge on any atom is 0.352 e. The maximum absolute atomic E-state index is 12.8. The number of nitrogens with zero attached hydrogens (tertiary/aromatic N) is 18. The number of rotatable bonds is 3. The summed E-state index contributed by atoms with van der Waals surface area (Å²) in [6.45, 7) is 18.0. The average Bonchev–Trinajstić information content (AvgIpc) is 1.58. The summed E-state index contributed by atoms with van der Waals surface area (Å²) in [5.74, 6) is 1.87. The molecule has 0 spiro atoms. The lowest BCUT2D eigenvalue weighted by Crippen LogP contribution is -2.18. The number of benzene rings is 9. The highest BCUT2D eigenvalue weighted by Gasteiger charge is 2.34. The molecule has 0 amide bonds. The second-order valence-electron chi connectivity index (χ2n) is 37.0. The molecule has 9 aromatic carbocycles. The summed E-state index contributed by atoms with van der Waals surface area (Å²) in [6.07, 6.45) is 1.85. The van der Waals surface area contributed by atoms with Crippen molar-refractivity contribution in [1.82, 2.24) is 87.1 Å². The molecule has 12 heterocycles. The van der Waals surface area contributed by atoms with E-state index in [1.54, 1.807) is 35.3 Å². The van der Waals surface area contributed by atoms with Gasteiger partial charge in [-0.1, -0.05) is 108 Å². The molecule has 9 aromatic heterocycles. The van der Waals surface area contributed by atoms with Crippen molar-refractivity contribution in [2.75, 3.05) is 41.0 Å². The van der Waals surface area contributed by atoms with Crippen LogP contribution in [0.1, 0.15) is 136 Å². The number of carboxylic acids is 3. The third-order valence-electron chi connectivity index (χ3n) is 27.4. The fraction of sp³-hybridized carbons (Fsp3) is 0.306. The number of aromatic nitrogens is 15. The van der Waals surface area contributed by atoms with Crippen molar-refractivity contribution in [1.29, 1.82) is 0 Å². The highest BCUT2D eigenvalue weighted by Crippen LogP contribution is 2.49. The largest absolute Gasteiger partial charge is 0.493 e. The molecule has 726 valence electrons. The fourth-order valence-corrected chi connectivity index (χ4v) is 24.3. The molecule has 0 saturated heterocycles. The number of halogens is 3. The molecule has 0 radical (unpaired) electrons. The van der Waals surface area contributed by atoms with Crippen LogP contribution in [-0.2, 0) is 118 Å². The van der Waals surface area contributed by atoms with Gasteiger partial charge in [0.25, 0.3) is 0 Å². The topological polar surface area (TPSA) is 271 Å². The van der Waals surface area contributed by atoms with E-state index < -0.39 is 17.9 Å². The lowest BCUT2D eigenvalue weighted by Gasteiger charge is -2.16. The quantitative estimate of drug-likeness (QED) is 0.148. The average molecular weight is 2010 g/mol. The Bertz CT molecular complexity index is 7280. The normalized spacial score (nSPS) is 14.7. The van der Waals surface area contributed by atoms with Gasteiger partial charge >= 0.3 is 17.9 Å². The predicted molar refractivity (Wildman–Crippen MR) is 563 cm³/mol. The lowest BCUT2D eigenvalue weighted by molar-refractivity contribution is 0.0673. The Hall–Kier alpha value is -12.8. The molecule has 0 atom stereocenters. The molecule has 33 heteroatoms. The van der Waals surface area contributed by atoms with Crippen LogP contribution in [0, 0.1) is 41.5 Å². The summed E-state index contributed by atoms with van der Waals surface area (Å²) in [6, 6.07) is 55.6. The minimum Gasteiger partial charge on any atom is -0.493 e. The zero-order valence-electron chi connectivity index (χ0n) is 81.5. The summed E-state index contributed by atoms with van der Waals surface area (Å²) in [5, 5.41) is 71.4. The molecule has 141 heavy (non-hydrogen) atoms. The molecule has 24 bridgehead atoms. The van der Waals surface area contributed by atoms with E-state index in [9.17, 15) is 29.7 Å². The summed E-state index contributed by atoms with van der Waals surface area (Å²) >= 11 is 26.3. The number of fused-ring (bicyclic) bond motifs is 24. The van der Waals surface area contributed by atoms with Gasteiger partial charge in [0.15, 0.2) is 0 Å². The van der Waals surface area contributed by atoms with Gasteiger partial charge in [-0.05, 0) is 206 Å². The molecular weight excluding hydrogens is 1900 g/mol. The summed E-state index contributed by atoms with van der Waals surface area (Å²) in [4.78, 5) is 48.2. The molecular formula is C108H111Cl3N18O9S3. The first-order valence-electron chi connectivity index (χ1n) is 47.0. The number of aryl methyl sites for hydroxylation is 12. The minimum absolute atomic E-state index is 0.265. The van der Waals surface area contributed by atoms with E-state index in [0.29, 0.717) is 130 Å². The van der Waals surface area contributed by atoms with E-state index in [0.717, 1.165) is 216 Å². The molecule has 21 rings (SSSR count). The van der Waals surface area contributed by atoms with Crippen LogP contribution in [0.25, 0.3) is 98.4 Å². The Labute approximate surface area is 844 Å². The first-order valence-corrected chi connectivity index (χ1v) is 51.1. The van der Waals surface area contributed by atoms with Crippen LogP contribution < -0.4 is 14.2 Å². The zero-order chi connectivity index (χ0) is 98.9. The predicted octanol–water partition coefficient (Wildman–Crippen LogP) is 22.8. The Morgan fingerprint density at radius 1 is 0.326 bits per heavy atom. The van der Waals surface area contributed by atoms with Gasteiger partial charge in [-0.15, -0.1) is 35.3 Å². The van der Waals surface area contributed by atoms with E-state index >= 15 is 0 Å². The van der Waals surface area contributed by atoms with E-state index in [2.05, 4.69) is 127 Å². The van der Waals surface area contributed by atoms with Crippen molar-refractivity contribution in [3.05, 3.63) is 281 Å². The third-order valence-corrected chi connectivity index (χ3v) is 31.4. The molecule has 3 N–H and O–H groups in total. The zero-order valence-corrected chi connectivity index (χ0v) is 86.2. The number of ether oxygens (including phenoxy) is 3. The summed E-state index contributed by atoms with van der Waals surface area (Å²) in [7, 11) is 18.0. The van der Waals surface area contributed by atoms with Gasteiger partial charge in [0, 0.05) is 265 Å². The van der Waals surface area contributed by atoms with Gasteiger partial charge < -0.3 is 43.2 Å². The van der Waals surface area contributed by atoms with Crippen molar-refractivity contribution in [2.24, 2.45) is 42.3 Å². The minimum atomic E-state index is -0.968. The lowest BCUT2D eigenvalue weighted by atomic mass is 9.96. The number of hydrogen-bond acceptors (Lipinski definition) is 18. The Kier molecular flexibility index (Phi) is 27.8. The molecule has 27 nitrogen and oxygen atoms in total. The number of hydrogen-bond donors (Lipinski definition) is 3. The molecule has 0 saturated carbocycles. The van der Waals surface area contributed by atoms with Crippen LogP contribution in [-0.4, -0.2) is 161 Å². The van der Waals surface area contributed by atoms with Crippen LogP contribution in [0.4, 0.5) is 0 Å². The van der Waals surface area contributed by atoms with Crippen molar-refractivity contribution in [3.63, 3.8) is 0 Å². The first kappa shape index (κ1) is 97.1. The van der Waals surface area contributed by atoms with Crippen LogP contribution in [0.5, 0.6) is 17.2 Å². The Balaban J connectivity index is 0.000000134. The standard InChI is InChI=1S/3C36H37ClN6O3S/c3*1-21-32-30-12-11-28(37)34(32)33-22(2)41(4)39-29(33)19-40(3)18-24-16-25(42(5)38-24)20-47-26-15-23-9-6-7-10-27(23)31(17-26)46-14-8-13-43(30)35(21)36(44)45/h3*6-7,9-12,15-17H,8,13-14,18-20H2,1-5H3,(H,44,45). The van der Waals surface area contributed by atoms with E-state index in [1.165, 1.54) is 0 Å². The summed E-state index contributed by atoms with van der Waals surface area (Å²) < 4.78 is 36.5. The van der Waals surface area contributed by atoms with E-state index in [4.69, 9.17) is 79.6 Å². The number of carboxylic acid groups (broad SMARTS) is 3. The van der Waals surface area contributed by atoms with Crippen LogP contribution in [0.3, 0.4) is 0 Å². The van der Waals surface area contributed by atoms with Gasteiger partial charge in [0.05, 0.1) is 54.0 Å². The third kappa shape index (κ3) is 19.1. The smallest absolute Gasteiger partial charge is 0.352 e. The van der Waals surface area contributed by atoms with Crippen molar-refractivity contribution >= 4 is 153 Å². The molecule has 0 unspecified atom stereocenters. The van der Waals surface area contributed by atoms with Crippen molar-refractivity contribution < 1.29 is 43.9 Å². The molecule has 3 aliphatic heterocycles. The Morgan fingerprint density at radius 2 is 0.596 bits per heavy atom. The molecule has 3 aliphatic rings. The van der Waals surface area contributed by atoms with Gasteiger partial charge in [-0.3, -0.25) is 42.8 Å². The SMILES string of the molecule is Cc1c(C(=O)O)n2c3ccc(Cl)c(c13)-c1c(nn(C)c1C)CN(C)Cc1cc(n(C)n1)CSc1cc(c3ccccc3c1)OCCC2.Cc1c(C(=O)O)n2c3ccc(Cl)c(c13)-c1c(nn(C)c1C)CN(C)Cc1cc(n(C)n1)CSc1cc(c3ccccc3c1)OCCC2.Cc1c(C(=O)O)n2c3ccc(Cl)c(c13)-c1c(nn(C)c1C)CN(C)Cc1cc(n(C)n1)CSc1cc(c3ccccc3c1)OCCC2. The second-order valence-corrected chi connectivity index (χ2v) is 41.4. The van der Waals surface area contributed by atoms with E-state index in [-0.39, 0.29) is 17.1 Å². The van der Waals surface area contributed by atoms with Crippen LogP contribution in [0.2, 0.25) is 15.1 Å². The van der Waals surface area contributed by atoms with Gasteiger partial charge in [-0.25, -0.2) is 14.4 Å². The first-order chi connectivity index (χ1) is 67.8. The number of carbonyl (C=O) groups is 3. The second kappa shape index (κ2) is 40.3. The number of aromatic carboxylic acids is 3. The van der Waals surface area contributed by atoms with Gasteiger partial charge in [0.2, 0.25) is 0 Å². The van der Waals surface area contributed by atoms with E-state index in [1.807, 2.05) is 198 Å². The van der Waals surface area contributed by atoms with Crippen molar-refractivity contribution in [2.45, 2.75) is 152 Å². The Morgan fingerprint density at radius 3 is 0.865 bits per heavy atom. The monoisotopic (exact) mass is 2000 g/mol. The fourth-order valence-electron chi connectivity index (χ4n) is 20.6. The molecule has 0 fully saturated rings. The maximum atomic E-state index is 12.8. The van der Waals surface area contributed by atoms with Crippen LogP contribution >= 0.6 is 70.1 Å². The molecule has 0 aliphatic carbocycles. The van der Waals surface area contributed by atoms with Crippen molar-refractivity contribution in [3.8, 4) is 50.6 Å². The van der Waals surface area contributed by atoms with Gasteiger partial charge in [0.1, 0.15) is 34.3 Å². The number of thioether (sulfide) groups is 3. The summed E-state index contributed by atoms with van der Waals surface area (Å²) in [5.41, 5.74) is 22.5. The molecule has 18 aromatic rings. The van der Waals surface area contributed by atoms with Crippen LogP contribution in [0.15, 0.2) is 178 Å². The van der Waals surface area contributed by atoms with Gasteiger partial charge in [-0.2, -0.15) is 30.6 Å².